The molecule has 27 heavy (non-hydrogen) atoms. The third-order valence-corrected chi connectivity index (χ3v) is 4.18. The molecule has 142 valence electrons. The third-order valence-electron chi connectivity index (χ3n) is 3.04. The Morgan fingerprint density at radius 3 is 2.70 bits per heavy atom. The molecule has 0 atom stereocenters. The smallest absolute Gasteiger partial charge is 0.444 e. The molecule has 3 aromatic rings. The van der Waals surface area contributed by atoms with Crippen LogP contribution in [0.3, 0.4) is 0 Å². The number of carbonyl (C=O) groups is 1. The summed E-state index contributed by atoms with van der Waals surface area (Å²) in [5.74, 6) is -1.46. The molecule has 0 aliphatic carbocycles. The highest BCUT2D eigenvalue weighted by Gasteiger charge is 2.29. The molecule has 12 heteroatoms. The van der Waals surface area contributed by atoms with Crippen LogP contribution in [0.4, 0.5) is 18.9 Å². The van der Waals surface area contributed by atoms with E-state index < -0.39 is 23.7 Å². The highest BCUT2D eigenvalue weighted by atomic mass is 79.9. The molecule has 0 spiro atoms. The predicted molar refractivity (Wildman–Crippen MR) is 93.1 cm³/mol. The number of thioether (sulfide) groups is 1. The number of hydrogen-bond acceptors (Lipinski definition) is 6. The quantitative estimate of drug-likeness (QED) is 0.572. The lowest BCUT2D eigenvalue weighted by molar-refractivity contribution is -0.117. The Labute approximate surface area is 161 Å². The number of nitrogens with one attached hydrogen (secondary N) is 1. The van der Waals surface area contributed by atoms with Crippen molar-refractivity contribution in [2.75, 3.05) is 5.32 Å². The van der Waals surface area contributed by atoms with E-state index in [1.807, 2.05) is 0 Å². The largest absolute Gasteiger partial charge is 0.446 e. The van der Waals surface area contributed by atoms with Crippen LogP contribution in [0, 0.1) is 0 Å². The highest BCUT2D eigenvalue weighted by molar-refractivity contribution is 9.10. The van der Waals surface area contributed by atoms with Gasteiger partial charge in [-0.25, -0.2) is 4.79 Å². The van der Waals surface area contributed by atoms with Crippen molar-refractivity contribution in [3.05, 3.63) is 51.6 Å². The molecule has 0 unspecified atom stereocenters. The number of halogens is 4. The van der Waals surface area contributed by atoms with Gasteiger partial charge in [-0.15, -0.1) is 5.10 Å². The van der Waals surface area contributed by atoms with Gasteiger partial charge in [0.1, 0.15) is 6.54 Å². The average Bonchev–Trinajstić information content (AvgIpc) is 3.12. The van der Waals surface area contributed by atoms with Crippen LogP contribution in [0.5, 0.6) is 0 Å². The lowest BCUT2D eigenvalue weighted by Gasteiger charge is -2.08. The minimum absolute atomic E-state index is 0.0791. The molecular formula is C15H9BrF3N3O4S. The van der Waals surface area contributed by atoms with Crippen molar-refractivity contribution in [1.82, 2.24) is 9.78 Å². The fourth-order valence-corrected chi connectivity index (χ4v) is 2.95. The second-order valence-electron chi connectivity index (χ2n) is 5.06. The number of furan rings is 1. The molecule has 1 amide bonds. The number of hydrogen-bond donors (Lipinski definition) is 1. The normalized spacial score (nSPS) is 11.6. The van der Waals surface area contributed by atoms with Crippen molar-refractivity contribution in [2.24, 2.45) is 0 Å². The molecule has 0 aliphatic rings. The van der Waals surface area contributed by atoms with Gasteiger partial charge in [-0.05, 0) is 58.0 Å². The zero-order chi connectivity index (χ0) is 19.6. The fraction of sp³-hybridized carbons (Fsp3) is 0.133. The zero-order valence-corrected chi connectivity index (χ0v) is 15.5. The summed E-state index contributed by atoms with van der Waals surface area (Å²) in [5, 5.41) is 6.26. The van der Waals surface area contributed by atoms with Gasteiger partial charge in [-0.3, -0.25) is 4.79 Å². The topological polar surface area (TPSA) is 90.3 Å². The van der Waals surface area contributed by atoms with Gasteiger partial charge in [0, 0.05) is 10.6 Å². The SMILES string of the molecule is O=C(Cn1nc(-c2ccc(Br)o2)oc1=O)Nc1cccc(SC(F)(F)F)c1. The van der Waals surface area contributed by atoms with E-state index in [2.05, 4.69) is 26.3 Å². The van der Waals surface area contributed by atoms with E-state index in [0.29, 0.717) is 4.67 Å². The van der Waals surface area contributed by atoms with Crippen molar-refractivity contribution in [2.45, 2.75) is 16.9 Å². The van der Waals surface area contributed by atoms with Gasteiger partial charge < -0.3 is 14.2 Å². The minimum Gasteiger partial charge on any atom is -0.444 e. The fourth-order valence-electron chi connectivity index (χ4n) is 2.04. The van der Waals surface area contributed by atoms with Crippen LogP contribution in [0.1, 0.15) is 0 Å². The summed E-state index contributed by atoms with van der Waals surface area (Å²) in [6.07, 6.45) is 0. The maximum Gasteiger partial charge on any atom is 0.446 e. The summed E-state index contributed by atoms with van der Waals surface area (Å²) in [6, 6.07) is 8.34. The van der Waals surface area contributed by atoms with Gasteiger partial charge in [0.15, 0.2) is 10.4 Å². The maximum atomic E-state index is 12.4. The number of anilines is 1. The molecule has 0 radical (unpaired) electrons. The van der Waals surface area contributed by atoms with Crippen LogP contribution in [0.2, 0.25) is 0 Å². The summed E-state index contributed by atoms with van der Waals surface area (Å²) < 4.78 is 48.6. The van der Waals surface area contributed by atoms with Gasteiger partial charge in [0.25, 0.3) is 5.89 Å². The van der Waals surface area contributed by atoms with Gasteiger partial charge in [-0.1, -0.05) is 6.07 Å². The Bertz CT molecular complexity index is 1030. The number of alkyl halides is 3. The molecule has 0 aliphatic heterocycles. The lowest BCUT2D eigenvalue weighted by Crippen LogP contribution is -2.25. The average molecular weight is 464 g/mol. The number of aromatic nitrogens is 2. The Balaban J connectivity index is 1.69. The van der Waals surface area contributed by atoms with E-state index in [4.69, 9.17) is 8.83 Å². The van der Waals surface area contributed by atoms with E-state index in [9.17, 15) is 22.8 Å². The summed E-state index contributed by atoms with van der Waals surface area (Å²) in [7, 11) is 0. The number of nitrogens with zero attached hydrogens (tertiary/aromatic N) is 2. The number of benzene rings is 1. The Morgan fingerprint density at radius 2 is 2.04 bits per heavy atom. The summed E-state index contributed by atoms with van der Waals surface area (Å²) >= 11 is 2.80. The van der Waals surface area contributed by atoms with E-state index in [1.54, 1.807) is 6.07 Å². The first-order valence-electron chi connectivity index (χ1n) is 7.19. The van der Waals surface area contributed by atoms with Crippen molar-refractivity contribution in [3.63, 3.8) is 0 Å². The van der Waals surface area contributed by atoms with Crippen LogP contribution in [0.15, 0.2) is 59.6 Å². The van der Waals surface area contributed by atoms with Crippen LogP contribution in [-0.2, 0) is 11.3 Å². The van der Waals surface area contributed by atoms with Crippen molar-refractivity contribution in [1.29, 1.82) is 0 Å². The van der Waals surface area contributed by atoms with Gasteiger partial charge in [0.05, 0.1) is 0 Å². The first-order valence-corrected chi connectivity index (χ1v) is 8.80. The molecule has 1 N–H and O–H groups in total. The second kappa shape index (κ2) is 7.64. The number of carbonyl (C=O) groups excluding carboxylic acids is 1. The highest BCUT2D eigenvalue weighted by Crippen LogP contribution is 2.37. The zero-order valence-electron chi connectivity index (χ0n) is 13.1. The predicted octanol–water partition coefficient (Wildman–Crippen LogP) is 4.11. The van der Waals surface area contributed by atoms with Crippen molar-refractivity contribution < 1.29 is 26.8 Å². The molecule has 2 aromatic heterocycles. The van der Waals surface area contributed by atoms with E-state index >= 15 is 0 Å². The van der Waals surface area contributed by atoms with Crippen LogP contribution >= 0.6 is 27.7 Å². The standard InChI is InChI=1S/C15H9BrF3N3O4S/c16-11-5-4-10(25-11)13-21-22(14(24)26-13)7-12(23)20-8-2-1-3-9(6-8)27-15(17,18)19/h1-6H,7H2,(H,20,23). The van der Waals surface area contributed by atoms with Crippen LogP contribution < -0.4 is 11.1 Å². The molecular weight excluding hydrogens is 455 g/mol. The Hall–Kier alpha value is -2.47. The number of amides is 1. The van der Waals surface area contributed by atoms with Gasteiger partial charge in [-0.2, -0.15) is 17.9 Å². The van der Waals surface area contributed by atoms with E-state index in [0.717, 1.165) is 4.68 Å². The molecule has 0 saturated heterocycles. The first-order chi connectivity index (χ1) is 12.7. The van der Waals surface area contributed by atoms with Crippen molar-refractivity contribution >= 4 is 39.3 Å². The molecule has 2 heterocycles. The molecule has 7 nitrogen and oxygen atoms in total. The van der Waals surface area contributed by atoms with E-state index in [1.165, 1.54) is 30.3 Å². The molecule has 0 bridgehead atoms. The summed E-state index contributed by atoms with van der Waals surface area (Å²) in [4.78, 5) is 23.8. The monoisotopic (exact) mass is 463 g/mol. The third kappa shape index (κ3) is 5.26. The molecule has 0 fully saturated rings. The molecule has 0 saturated carbocycles. The molecule has 1 aromatic carbocycles. The summed E-state index contributed by atoms with van der Waals surface area (Å²) in [6.45, 7) is -0.485. The lowest BCUT2D eigenvalue weighted by atomic mass is 10.3. The number of rotatable bonds is 5. The van der Waals surface area contributed by atoms with Gasteiger partial charge >= 0.3 is 11.3 Å². The first kappa shape index (κ1) is 19.3. The van der Waals surface area contributed by atoms with Crippen LogP contribution in [-0.4, -0.2) is 21.2 Å². The second-order valence-corrected chi connectivity index (χ2v) is 6.98. The summed E-state index contributed by atoms with van der Waals surface area (Å²) in [5.41, 5.74) is -4.28. The Kier molecular flexibility index (Phi) is 5.46. The van der Waals surface area contributed by atoms with Crippen LogP contribution in [0.25, 0.3) is 11.7 Å². The minimum atomic E-state index is -4.44. The molecule has 3 rings (SSSR count). The van der Waals surface area contributed by atoms with Gasteiger partial charge in [0.2, 0.25) is 5.91 Å². The van der Waals surface area contributed by atoms with Crippen molar-refractivity contribution in [3.8, 4) is 11.7 Å². The van der Waals surface area contributed by atoms with E-state index in [-0.39, 0.29) is 34.0 Å². The Morgan fingerprint density at radius 1 is 1.26 bits per heavy atom. The maximum absolute atomic E-state index is 12.4.